The van der Waals surface area contributed by atoms with Crippen molar-refractivity contribution in [1.82, 2.24) is 10.6 Å². The quantitative estimate of drug-likeness (QED) is 0.825. The molecule has 0 radical (unpaired) electrons. The maximum atomic E-state index is 11.5. The summed E-state index contributed by atoms with van der Waals surface area (Å²) < 4.78 is 4.72. The lowest BCUT2D eigenvalue weighted by atomic mass is 10.1. The molecule has 0 aromatic heterocycles. The van der Waals surface area contributed by atoms with E-state index >= 15 is 0 Å². The lowest BCUT2D eigenvalue weighted by Crippen LogP contribution is -2.39. The molecular formula is C12H12Cl2N2O4. The summed E-state index contributed by atoms with van der Waals surface area (Å²) in [4.78, 5) is 33.5. The van der Waals surface area contributed by atoms with Gasteiger partial charge in [-0.15, -0.1) is 0 Å². The molecule has 0 saturated heterocycles. The van der Waals surface area contributed by atoms with Crippen LogP contribution in [-0.2, 0) is 20.7 Å². The van der Waals surface area contributed by atoms with E-state index in [4.69, 9.17) is 27.9 Å². The zero-order valence-electron chi connectivity index (χ0n) is 10.5. The molecule has 2 N–H and O–H groups in total. The van der Waals surface area contributed by atoms with Crippen LogP contribution in [0.1, 0.15) is 5.56 Å². The summed E-state index contributed by atoms with van der Waals surface area (Å²) in [5, 5.41) is 4.95. The molecule has 0 aliphatic rings. The molecule has 0 saturated carbocycles. The van der Waals surface area contributed by atoms with Gasteiger partial charge in [0.15, 0.2) is 6.61 Å². The summed E-state index contributed by atoms with van der Waals surface area (Å²) in [6.45, 7) is -0.544. The summed E-state index contributed by atoms with van der Waals surface area (Å²) in [5.41, 5.74) is 0.535. The Hall–Kier alpha value is -1.79. The zero-order chi connectivity index (χ0) is 15.1. The first-order valence-corrected chi connectivity index (χ1v) is 6.29. The predicted octanol–water partition coefficient (Wildman–Crippen LogP) is 1.53. The molecule has 0 fully saturated rings. The average Bonchev–Trinajstić information content (AvgIpc) is 2.39. The van der Waals surface area contributed by atoms with E-state index in [1.807, 2.05) is 5.32 Å². The second kappa shape index (κ2) is 7.72. The highest BCUT2D eigenvalue weighted by Gasteiger charge is 2.12. The van der Waals surface area contributed by atoms with Crippen molar-refractivity contribution < 1.29 is 19.1 Å². The topological polar surface area (TPSA) is 84.5 Å². The van der Waals surface area contributed by atoms with Crippen molar-refractivity contribution in [3.05, 3.63) is 33.8 Å². The van der Waals surface area contributed by atoms with Crippen molar-refractivity contribution in [2.24, 2.45) is 0 Å². The SMILES string of the molecule is CNC(=O)NC(=O)COC(=O)Cc1ccc(Cl)cc1Cl. The van der Waals surface area contributed by atoms with Crippen LogP contribution in [0.5, 0.6) is 0 Å². The normalized spacial score (nSPS) is 9.75. The Kier molecular flexibility index (Phi) is 6.27. The number of hydrogen-bond donors (Lipinski definition) is 2. The van der Waals surface area contributed by atoms with Crippen LogP contribution in [0.3, 0.4) is 0 Å². The number of amides is 3. The van der Waals surface area contributed by atoms with Crippen LogP contribution in [0, 0.1) is 0 Å². The molecule has 0 heterocycles. The van der Waals surface area contributed by atoms with Gasteiger partial charge in [-0.2, -0.15) is 0 Å². The van der Waals surface area contributed by atoms with Crippen LogP contribution < -0.4 is 10.6 Å². The van der Waals surface area contributed by atoms with Gasteiger partial charge in [-0.25, -0.2) is 4.79 Å². The largest absolute Gasteiger partial charge is 0.455 e. The summed E-state index contributed by atoms with van der Waals surface area (Å²) in [6, 6.07) is 4.02. The third-order valence-electron chi connectivity index (χ3n) is 2.19. The van der Waals surface area contributed by atoms with Crippen LogP contribution in [-0.4, -0.2) is 31.6 Å². The maximum absolute atomic E-state index is 11.5. The van der Waals surface area contributed by atoms with Gasteiger partial charge < -0.3 is 10.1 Å². The molecule has 3 amide bonds. The van der Waals surface area contributed by atoms with Crippen molar-refractivity contribution in [2.75, 3.05) is 13.7 Å². The van der Waals surface area contributed by atoms with Gasteiger partial charge in [-0.1, -0.05) is 29.3 Å². The number of benzene rings is 1. The van der Waals surface area contributed by atoms with Crippen LogP contribution in [0.2, 0.25) is 10.0 Å². The van der Waals surface area contributed by atoms with Crippen molar-refractivity contribution in [3.8, 4) is 0 Å². The molecule has 108 valence electrons. The number of carbonyl (C=O) groups is 3. The van der Waals surface area contributed by atoms with Gasteiger partial charge in [0.2, 0.25) is 0 Å². The maximum Gasteiger partial charge on any atom is 0.321 e. The van der Waals surface area contributed by atoms with Gasteiger partial charge in [-0.05, 0) is 17.7 Å². The Morgan fingerprint density at radius 3 is 2.55 bits per heavy atom. The van der Waals surface area contributed by atoms with E-state index in [1.54, 1.807) is 12.1 Å². The Morgan fingerprint density at radius 1 is 1.25 bits per heavy atom. The molecule has 6 nitrogen and oxygen atoms in total. The zero-order valence-corrected chi connectivity index (χ0v) is 12.0. The fraction of sp³-hybridized carbons (Fsp3) is 0.250. The Bertz CT molecular complexity index is 534. The fourth-order valence-electron chi connectivity index (χ4n) is 1.24. The van der Waals surface area contributed by atoms with E-state index in [9.17, 15) is 14.4 Å². The first-order chi connectivity index (χ1) is 9.42. The molecule has 0 atom stereocenters. The second-order valence-corrected chi connectivity index (χ2v) is 4.54. The fourth-order valence-corrected chi connectivity index (χ4v) is 1.72. The summed E-state index contributed by atoms with van der Waals surface area (Å²) in [6.07, 6.45) is -0.0940. The van der Waals surface area contributed by atoms with Crippen molar-refractivity contribution in [1.29, 1.82) is 0 Å². The summed E-state index contributed by atoms with van der Waals surface area (Å²) in [5.74, 6) is -1.36. The molecule has 0 aliphatic carbocycles. The Labute approximate surface area is 125 Å². The summed E-state index contributed by atoms with van der Waals surface area (Å²) in [7, 11) is 1.36. The van der Waals surface area contributed by atoms with E-state index in [-0.39, 0.29) is 6.42 Å². The lowest BCUT2D eigenvalue weighted by Gasteiger charge is -2.06. The van der Waals surface area contributed by atoms with Crippen molar-refractivity contribution in [2.45, 2.75) is 6.42 Å². The third kappa shape index (κ3) is 5.46. The van der Waals surface area contributed by atoms with Crippen LogP contribution in [0.25, 0.3) is 0 Å². The highest BCUT2D eigenvalue weighted by molar-refractivity contribution is 6.35. The van der Waals surface area contributed by atoms with Gasteiger partial charge in [-0.3, -0.25) is 14.9 Å². The molecule has 20 heavy (non-hydrogen) atoms. The van der Waals surface area contributed by atoms with Gasteiger partial charge in [0.05, 0.1) is 6.42 Å². The first-order valence-electron chi connectivity index (χ1n) is 5.53. The van der Waals surface area contributed by atoms with Crippen molar-refractivity contribution in [3.63, 3.8) is 0 Å². The minimum absolute atomic E-state index is 0.0940. The number of esters is 1. The van der Waals surface area contributed by atoms with Crippen LogP contribution >= 0.6 is 23.2 Å². The molecule has 1 aromatic rings. The number of ether oxygens (including phenoxy) is 1. The molecule has 0 bridgehead atoms. The Balaban J connectivity index is 2.44. The third-order valence-corrected chi connectivity index (χ3v) is 2.78. The second-order valence-electron chi connectivity index (χ2n) is 3.70. The van der Waals surface area contributed by atoms with Crippen LogP contribution in [0.15, 0.2) is 18.2 Å². The van der Waals surface area contributed by atoms with E-state index in [0.717, 1.165) is 0 Å². The molecule has 0 aliphatic heterocycles. The van der Waals surface area contributed by atoms with E-state index in [2.05, 4.69) is 5.32 Å². The number of urea groups is 1. The van der Waals surface area contributed by atoms with Gasteiger partial charge in [0, 0.05) is 17.1 Å². The highest BCUT2D eigenvalue weighted by atomic mass is 35.5. The smallest absolute Gasteiger partial charge is 0.321 e. The van der Waals surface area contributed by atoms with Crippen LogP contribution in [0.4, 0.5) is 4.79 Å². The number of hydrogen-bond acceptors (Lipinski definition) is 4. The first kappa shape index (κ1) is 16.3. The number of rotatable bonds is 4. The van der Waals surface area contributed by atoms with Gasteiger partial charge in [0.25, 0.3) is 5.91 Å². The number of imide groups is 1. The van der Waals surface area contributed by atoms with E-state index in [1.165, 1.54) is 13.1 Å². The molecule has 8 heteroatoms. The van der Waals surface area contributed by atoms with E-state index < -0.39 is 24.5 Å². The summed E-state index contributed by atoms with van der Waals surface area (Å²) >= 11 is 11.6. The number of nitrogens with one attached hydrogen (secondary N) is 2. The highest BCUT2D eigenvalue weighted by Crippen LogP contribution is 2.21. The van der Waals surface area contributed by atoms with Gasteiger partial charge in [0.1, 0.15) is 0 Å². The Morgan fingerprint density at radius 2 is 1.95 bits per heavy atom. The molecule has 1 aromatic carbocycles. The molecule has 0 unspecified atom stereocenters. The number of carbonyl (C=O) groups excluding carboxylic acids is 3. The number of halogens is 2. The van der Waals surface area contributed by atoms with Gasteiger partial charge >= 0.3 is 12.0 Å². The average molecular weight is 319 g/mol. The predicted molar refractivity (Wildman–Crippen MR) is 73.7 cm³/mol. The van der Waals surface area contributed by atoms with E-state index in [0.29, 0.717) is 15.6 Å². The minimum atomic E-state index is -0.722. The standard InChI is InChI=1S/C12H12Cl2N2O4/c1-15-12(19)16-10(17)6-20-11(18)4-7-2-3-8(13)5-9(7)14/h2-3,5H,4,6H2,1H3,(H2,15,16,17,19). The molecule has 0 spiro atoms. The van der Waals surface area contributed by atoms with Crippen molar-refractivity contribution >= 4 is 41.1 Å². The molecule has 1 rings (SSSR count). The minimum Gasteiger partial charge on any atom is -0.455 e. The monoisotopic (exact) mass is 318 g/mol. The lowest BCUT2D eigenvalue weighted by molar-refractivity contribution is -0.147. The molecular weight excluding hydrogens is 307 g/mol.